The van der Waals surface area contributed by atoms with Crippen LogP contribution in [-0.2, 0) is 27.5 Å². The number of likely N-dealkylation sites (tertiary alicyclic amines) is 1. The lowest BCUT2D eigenvalue weighted by atomic mass is 9.94. The standard InChI is InChI=1S/C33H31N3O6/c1-22-6-3-4-7-26(22)20-42-27-14-12-24(13-15-27)30(37)28-29(23-8-10-25(11-9-23)33(40)41-2)36(32(39)31(28)38)18-5-17-35-19-16-34-21-35/h3-4,6-16,19,21,29,37H,5,17-18,20H2,1-2H3/b30-28+. The van der Waals surface area contributed by atoms with E-state index in [1.54, 1.807) is 61.1 Å². The van der Waals surface area contributed by atoms with Gasteiger partial charge in [0, 0.05) is 31.0 Å². The van der Waals surface area contributed by atoms with Gasteiger partial charge in [0.05, 0.1) is 30.6 Å². The highest BCUT2D eigenvalue weighted by atomic mass is 16.5. The summed E-state index contributed by atoms with van der Waals surface area (Å²) in [5.41, 5.74) is 3.48. The van der Waals surface area contributed by atoms with Crippen molar-refractivity contribution >= 4 is 23.4 Å². The normalized spacial score (nSPS) is 16.0. The first kappa shape index (κ1) is 28.4. The fraction of sp³-hybridized carbons (Fsp3) is 0.212. The number of ether oxygens (including phenoxy) is 2. The average molecular weight is 566 g/mol. The molecule has 1 N–H and O–H groups in total. The van der Waals surface area contributed by atoms with Crippen LogP contribution in [0.15, 0.2) is 97.1 Å². The number of carbonyl (C=O) groups excluding carboxylic acids is 3. The molecule has 1 aliphatic rings. The molecule has 0 bridgehead atoms. The highest BCUT2D eigenvalue weighted by molar-refractivity contribution is 6.46. The number of carbonyl (C=O) groups is 3. The lowest BCUT2D eigenvalue weighted by Crippen LogP contribution is -2.31. The number of aryl methyl sites for hydroxylation is 2. The molecule has 42 heavy (non-hydrogen) atoms. The van der Waals surface area contributed by atoms with Crippen molar-refractivity contribution in [3.05, 3.63) is 125 Å². The Hall–Kier alpha value is -5.18. The smallest absolute Gasteiger partial charge is 0.337 e. The molecule has 9 heteroatoms. The van der Waals surface area contributed by atoms with Crippen LogP contribution in [0, 0.1) is 6.92 Å². The number of amides is 1. The minimum Gasteiger partial charge on any atom is -0.507 e. The summed E-state index contributed by atoms with van der Waals surface area (Å²) in [7, 11) is 1.30. The van der Waals surface area contributed by atoms with Gasteiger partial charge in [0.25, 0.3) is 11.7 Å². The van der Waals surface area contributed by atoms with E-state index in [4.69, 9.17) is 9.47 Å². The van der Waals surface area contributed by atoms with Crippen LogP contribution >= 0.6 is 0 Å². The Morgan fingerprint density at radius 1 is 0.952 bits per heavy atom. The Bertz CT molecular complexity index is 1610. The Kier molecular flexibility index (Phi) is 8.47. The van der Waals surface area contributed by atoms with Crippen LogP contribution in [0.4, 0.5) is 0 Å². The highest BCUT2D eigenvalue weighted by Gasteiger charge is 2.45. The van der Waals surface area contributed by atoms with Crippen LogP contribution in [0.25, 0.3) is 5.76 Å². The maximum absolute atomic E-state index is 13.4. The van der Waals surface area contributed by atoms with E-state index < -0.39 is 23.7 Å². The predicted molar refractivity (Wildman–Crippen MR) is 156 cm³/mol. The Labute approximate surface area is 243 Å². The van der Waals surface area contributed by atoms with Crippen LogP contribution in [0.5, 0.6) is 5.75 Å². The lowest BCUT2D eigenvalue weighted by Gasteiger charge is -2.25. The second-order valence-corrected chi connectivity index (χ2v) is 10.00. The van der Waals surface area contributed by atoms with E-state index in [-0.39, 0.29) is 17.9 Å². The van der Waals surface area contributed by atoms with Crippen molar-refractivity contribution in [1.82, 2.24) is 14.5 Å². The summed E-state index contributed by atoms with van der Waals surface area (Å²) in [6.07, 6.45) is 5.75. The second-order valence-electron chi connectivity index (χ2n) is 10.00. The summed E-state index contributed by atoms with van der Waals surface area (Å²) in [4.78, 5) is 44.1. The number of esters is 1. The minimum absolute atomic E-state index is 0.0120. The van der Waals surface area contributed by atoms with Crippen molar-refractivity contribution in [2.24, 2.45) is 0 Å². The topological polar surface area (TPSA) is 111 Å². The maximum Gasteiger partial charge on any atom is 0.337 e. The van der Waals surface area contributed by atoms with Crippen LogP contribution < -0.4 is 4.74 Å². The summed E-state index contributed by atoms with van der Waals surface area (Å²) in [5, 5.41) is 11.4. The molecular weight excluding hydrogens is 534 g/mol. The SMILES string of the molecule is COC(=O)c1ccc(C2/C(=C(\O)c3ccc(OCc4ccccc4C)cc3)C(=O)C(=O)N2CCCn2ccnc2)cc1. The molecule has 1 fully saturated rings. The van der Waals surface area contributed by atoms with E-state index in [0.717, 1.165) is 11.1 Å². The molecule has 1 aromatic heterocycles. The molecule has 1 amide bonds. The third-order valence-corrected chi connectivity index (χ3v) is 7.35. The van der Waals surface area contributed by atoms with E-state index in [2.05, 4.69) is 4.98 Å². The molecule has 1 saturated heterocycles. The van der Waals surface area contributed by atoms with Gasteiger partial charge >= 0.3 is 5.97 Å². The summed E-state index contributed by atoms with van der Waals surface area (Å²) in [6.45, 7) is 3.28. The van der Waals surface area contributed by atoms with E-state index in [1.165, 1.54) is 12.0 Å². The molecule has 214 valence electrons. The van der Waals surface area contributed by atoms with Gasteiger partial charge in [-0.25, -0.2) is 9.78 Å². The molecule has 5 rings (SSSR count). The van der Waals surface area contributed by atoms with E-state index >= 15 is 0 Å². The number of aliphatic hydroxyl groups is 1. The summed E-state index contributed by atoms with van der Waals surface area (Å²) < 4.78 is 12.6. The first-order valence-electron chi connectivity index (χ1n) is 13.6. The van der Waals surface area contributed by atoms with E-state index in [9.17, 15) is 19.5 Å². The molecule has 1 unspecified atom stereocenters. The first-order valence-corrected chi connectivity index (χ1v) is 13.6. The quantitative estimate of drug-likeness (QED) is 0.124. The number of hydrogen-bond acceptors (Lipinski definition) is 7. The summed E-state index contributed by atoms with van der Waals surface area (Å²) in [6, 6.07) is 20.4. The van der Waals surface area contributed by atoms with Crippen molar-refractivity contribution < 1.29 is 29.0 Å². The van der Waals surface area contributed by atoms with Crippen molar-refractivity contribution in [3.8, 4) is 5.75 Å². The van der Waals surface area contributed by atoms with Gasteiger partial charge in [-0.2, -0.15) is 0 Å². The molecule has 0 aliphatic carbocycles. The van der Waals surface area contributed by atoms with Crippen LogP contribution in [0.1, 0.15) is 45.1 Å². The number of rotatable bonds is 10. The number of aliphatic hydroxyl groups excluding tert-OH is 1. The zero-order valence-corrected chi connectivity index (χ0v) is 23.4. The number of hydrogen-bond donors (Lipinski definition) is 1. The largest absolute Gasteiger partial charge is 0.507 e. The van der Waals surface area contributed by atoms with Gasteiger partial charge in [-0.05, 0) is 66.4 Å². The number of benzene rings is 3. The Morgan fingerprint density at radius 3 is 2.33 bits per heavy atom. The van der Waals surface area contributed by atoms with Crippen molar-refractivity contribution in [2.75, 3.05) is 13.7 Å². The van der Waals surface area contributed by atoms with Crippen LogP contribution in [0.3, 0.4) is 0 Å². The number of ketones is 1. The molecule has 2 heterocycles. The van der Waals surface area contributed by atoms with Gasteiger partial charge in [0.1, 0.15) is 18.1 Å². The Balaban J connectivity index is 1.43. The molecule has 0 radical (unpaired) electrons. The molecule has 3 aromatic carbocycles. The molecule has 1 aliphatic heterocycles. The minimum atomic E-state index is -0.837. The van der Waals surface area contributed by atoms with Crippen molar-refractivity contribution in [1.29, 1.82) is 0 Å². The molecule has 0 saturated carbocycles. The third kappa shape index (κ3) is 5.95. The van der Waals surface area contributed by atoms with E-state index in [1.807, 2.05) is 42.0 Å². The molecule has 4 aromatic rings. The molecule has 9 nitrogen and oxygen atoms in total. The van der Waals surface area contributed by atoms with Gasteiger partial charge in [-0.1, -0.05) is 36.4 Å². The molecular formula is C33H31N3O6. The zero-order valence-electron chi connectivity index (χ0n) is 23.4. The number of aromatic nitrogens is 2. The fourth-order valence-corrected chi connectivity index (χ4v) is 5.02. The van der Waals surface area contributed by atoms with Gasteiger partial charge < -0.3 is 24.0 Å². The first-order chi connectivity index (χ1) is 20.4. The van der Waals surface area contributed by atoms with Gasteiger partial charge in [-0.15, -0.1) is 0 Å². The van der Waals surface area contributed by atoms with Gasteiger partial charge in [0.2, 0.25) is 0 Å². The number of imidazole rings is 1. The predicted octanol–water partition coefficient (Wildman–Crippen LogP) is 5.07. The van der Waals surface area contributed by atoms with Crippen molar-refractivity contribution in [3.63, 3.8) is 0 Å². The maximum atomic E-state index is 13.4. The van der Waals surface area contributed by atoms with E-state index in [0.29, 0.717) is 42.0 Å². The second kappa shape index (κ2) is 12.6. The summed E-state index contributed by atoms with van der Waals surface area (Å²) in [5.74, 6) is -1.64. The number of methoxy groups -OCH3 is 1. The van der Waals surface area contributed by atoms with Gasteiger partial charge in [0.15, 0.2) is 0 Å². The number of Topliss-reactive ketones (excluding diaryl/α,β-unsaturated/α-hetero) is 1. The van der Waals surface area contributed by atoms with Gasteiger partial charge in [-0.3, -0.25) is 9.59 Å². The molecule has 1 atom stereocenters. The van der Waals surface area contributed by atoms with Crippen LogP contribution in [0.2, 0.25) is 0 Å². The molecule has 0 spiro atoms. The fourth-order valence-electron chi connectivity index (χ4n) is 5.02. The Morgan fingerprint density at radius 2 is 1.67 bits per heavy atom. The summed E-state index contributed by atoms with van der Waals surface area (Å²) >= 11 is 0. The average Bonchev–Trinajstić information content (AvgIpc) is 3.63. The third-order valence-electron chi connectivity index (χ3n) is 7.35. The lowest BCUT2D eigenvalue weighted by molar-refractivity contribution is -0.139. The monoisotopic (exact) mass is 565 g/mol. The van der Waals surface area contributed by atoms with Crippen molar-refractivity contribution in [2.45, 2.75) is 32.5 Å². The highest BCUT2D eigenvalue weighted by Crippen LogP contribution is 2.39. The number of nitrogens with zero attached hydrogens (tertiary/aromatic N) is 3. The van der Waals surface area contributed by atoms with Crippen LogP contribution in [-0.4, -0.2) is 50.9 Å². The zero-order chi connectivity index (χ0) is 29.6.